The van der Waals surface area contributed by atoms with Gasteiger partial charge in [-0.1, -0.05) is 18.2 Å². The molecule has 2 aliphatic rings. The standard InChI is InChI=1S/C17H15N3O/c1-2-4-15-11(3-1)13(9-21-15)17-19-14-8-18-7-12(14)16(20-17)10-5-6-10/h1-4,9-10,18H,5-8H2. The molecule has 1 fully saturated rings. The monoisotopic (exact) mass is 277 g/mol. The van der Waals surface area contributed by atoms with Crippen molar-refractivity contribution >= 4 is 11.0 Å². The van der Waals surface area contributed by atoms with Crippen LogP contribution in [-0.2, 0) is 13.1 Å². The second-order valence-corrected chi connectivity index (χ2v) is 5.88. The van der Waals surface area contributed by atoms with E-state index in [1.807, 2.05) is 18.2 Å². The van der Waals surface area contributed by atoms with Gasteiger partial charge in [-0.05, 0) is 18.9 Å². The molecule has 3 heterocycles. The average Bonchev–Trinajstić information content (AvgIpc) is 3.10. The van der Waals surface area contributed by atoms with Crippen LogP contribution < -0.4 is 5.32 Å². The lowest BCUT2D eigenvalue weighted by molar-refractivity contribution is 0.616. The highest BCUT2D eigenvalue weighted by molar-refractivity contribution is 5.92. The Hall–Kier alpha value is -2.20. The number of benzene rings is 1. The van der Waals surface area contributed by atoms with Crippen LogP contribution in [0.4, 0.5) is 0 Å². The predicted molar refractivity (Wildman–Crippen MR) is 79.8 cm³/mol. The molecular weight excluding hydrogens is 262 g/mol. The molecule has 3 aromatic rings. The third-order valence-corrected chi connectivity index (χ3v) is 4.40. The van der Waals surface area contributed by atoms with E-state index in [-0.39, 0.29) is 0 Å². The minimum absolute atomic E-state index is 0.638. The molecule has 1 aromatic carbocycles. The third kappa shape index (κ3) is 1.72. The lowest BCUT2D eigenvalue weighted by Crippen LogP contribution is -2.02. The molecule has 4 heteroatoms. The van der Waals surface area contributed by atoms with E-state index >= 15 is 0 Å². The van der Waals surface area contributed by atoms with Crippen molar-refractivity contribution in [2.75, 3.05) is 0 Å². The highest BCUT2D eigenvalue weighted by Gasteiger charge is 2.31. The number of nitrogens with zero attached hydrogens (tertiary/aromatic N) is 2. The maximum Gasteiger partial charge on any atom is 0.163 e. The molecule has 1 N–H and O–H groups in total. The van der Waals surface area contributed by atoms with Crippen LogP contribution in [0.25, 0.3) is 22.4 Å². The molecule has 2 aromatic heterocycles. The fourth-order valence-electron chi connectivity index (χ4n) is 3.16. The first-order chi connectivity index (χ1) is 10.4. The van der Waals surface area contributed by atoms with Crippen molar-refractivity contribution in [3.63, 3.8) is 0 Å². The fraction of sp³-hybridized carbons (Fsp3) is 0.294. The van der Waals surface area contributed by atoms with Crippen molar-refractivity contribution in [1.82, 2.24) is 15.3 Å². The van der Waals surface area contributed by atoms with E-state index in [4.69, 9.17) is 14.4 Å². The minimum Gasteiger partial charge on any atom is -0.464 e. The number of rotatable bonds is 2. The minimum atomic E-state index is 0.638. The Labute approximate surface area is 122 Å². The quantitative estimate of drug-likeness (QED) is 0.780. The van der Waals surface area contributed by atoms with Gasteiger partial charge in [0.25, 0.3) is 0 Å². The molecule has 0 amide bonds. The van der Waals surface area contributed by atoms with Crippen LogP contribution in [0.3, 0.4) is 0 Å². The van der Waals surface area contributed by atoms with Gasteiger partial charge < -0.3 is 9.73 Å². The SMILES string of the molecule is c1ccc2c(-c3nc4c(c(C5CC5)n3)CNC4)coc2c1. The van der Waals surface area contributed by atoms with Crippen LogP contribution >= 0.6 is 0 Å². The van der Waals surface area contributed by atoms with Crippen LogP contribution in [-0.4, -0.2) is 9.97 Å². The highest BCUT2D eigenvalue weighted by Crippen LogP contribution is 2.43. The first kappa shape index (κ1) is 11.5. The molecule has 21 heavy (non-hydrogen) atoms. The first-order valence-electron chi connectivity index (χ1n) is 7.47. The number of furan rings is 1. The van der Waals surface area contributed by atoms with Gasteiger partial charge in [-0.2, -0.15) is 0 Å². The van der Waals surface area contributed by atoms with Gasteiger partial charge in [-0.15, -0.1) is 0 Å². The lowest BCUT2D eigenvalue weighted by Gasteiger charge is -2.08. The van der Waals surface area contributed by atoms with Crippen LogP contribution in [0.2, 0.25) is 0 Å². The summed E-state index contributed by atoms with van der Waals surface area (Å²) in [5.74, 6) is 1.45. The second kappa shape index (κ2) is 4.15. The Morgan fingerprint density at radius 3 is 2.90 bits per heavy atom. The van der Waals surface area contributed by atoms with E-state index in [9.17, 15) is 0 Å². The Kier molecular flexibility index (Phi) is 2.26. The van der Waals surface area contributed by atoms with Gasteiger partial charge in [0.2, 0.25) is 0 Å². The molecule has 0 spiro atoms. The summed E-state index contributed by atoms with van der Waals surface area (Å²) in [5, 5.41) is 4.48. The molecular formula is C17H15N3O. The molecule has 1 saturated carbocycles. The van der Waals surface area contributed by atoms with Gasteiger partial charge in [-0.3, -0.25) is 0 Å². The number of nitrogens with one attached hydrogen (secondary N) is 1. The van der Waals surface area contributed by atoms with Gasteiger partial charge in [0.1, 0.15) is 11.8 Å². The van der Waals surface area contributed by atoms with Crippen LogP contribution in [0.15, 0.2) is 34.9 Å². The Bertz CT molecular complexity index is 848. The molecule has 0 bridgehead atoms. The van der Waals surface area contributed by atoms with E-state index in [1.165, 1.54) is 24.1 Å². The predicted octanol–water partition coefficient (Wildman–Crippen LogP) is 3.37. The molecule has 0 saturated heterocycles. The summed E-state index contributed by atoms with van der Waals surface area (Å²) in [5.41, 5.74) is 5.64. The maximum atomic E-state index is 5.64. The molecule has 4 nitrogen and oxygen atoms in total. The van der Waals surface area contributed by atoms with Crippen molar-refractivity contribution < 1.29 is 4.42 Å². The van der Waals surface area contributed by atoms with E-state index in [0.29, 0.717) is 5.92 Å². The van der Waals surface area contributed by atoms with Crippen molar-refractivity contribution in [2.45, 2.75) is 31.8 Å². The second-order valence-electron chi connectivity index (χ2n) is 5.88. The van der Waals surface area contributed by atoms with Gasteiger partial charge in [0, 0.05) is 30.0 Å². The topological polar surface area (TPSA) is 51.0 Å². The summed E-state index contributed by atoms with van der Waals surface area (Å²) < 4.78 is 5.64. The summed E-state index contributed by atoms with van der Waals surface area (Å²) in [7, 11) is 0. The Balaban J connectivity index is 1.74. The van der Waals surface area contributed by atoms with Gasteiger partial charge in [0.15, 0.2) is 5.82 Å². The van der Waals surface area contributed by atoms with E-state index < -0.39 is 0 Å². The zero-order valence-electron chi connectivity index (χ0n) is 11.6. The maximum absolute atomic E-state index is 5.64. The molecule has 5 rings (SSSR count). The van der Waals surface area contributed by atoms with Gasteiger partial charge in [0.05, 0.1) is 17.0 Å². The Morgan fingerprint density at radius 1 is 1.10 bits per heavy atom. The number of aromatic nitrogens is 2. The smallest absolute Gasteiger partial charge is 0.163 e. The van der Waals surface area contributed by atoms with Gasteiger partial charge in [-0.25, -0.2) is 9.97 Å². The zero-order chi connectivity index (χ0) is 13.8. The van der Waals surface area contributed by atoms with Crippen LogP contribution in [0, 0.1) is 0 Å². The van der Waals surface area contributed by atoms with E-state index in [2.05, 4.69) is 11.4 Å². The average molecular weight is 277 g/mol. The first-order valence-corrected chi connectivity index (χ1v) is 7.47. The Morgan fingerprint density at radius 2 is 2.00 bits per heavy atom. The van der Waals surface area contributed by atoms with Crippen molar-refractivity contribution in [1.29, 1.82) is 0 Å². The zero-order valence-corrected chi connectivity index (χ0v) is 11.6. The number of para-hydroxylation sites is 1. The molecule has 1 aliphatic carbocycles. The van der Waals surface area contributed by atoms with E-state index in [0.717, 1.165) is 41.1 Å². The summed E-state index contributed by atoms with van der Waals surface area (Å²) in [6.45, 7) is 1.76. The summed E-state index contributed by atoms with van der Waals surface area (Å²) in [4.78, 5) is 9.67. The van der Waals surface area contributed by atoms with E-state index in [1.54, 1.807) is 6.26 Å². The number of hydrogen-bond acceptors (Lipinski definition) is 4. The number of fused-ring (bicyclic) bond motifs is 2. The van der Waals surface area contributed by atoms with Crippen LogP contribution in [0.5, 0.6) is 0 Å². The fourth-order valence-corrected chi connectivity index (χ4v) is 3.16. The molecule has 0 radical (unpaired) electrons. The molecule has 104 valence electrons. The van der Waals surface area contributed by atoms with Crippen molar-refractivity contribution in [3.05, 3.63) is 47.5 Å². The normalized spacial score (nSPS) is 17.3. The molecule has 0 unspecified atom stereocenters. The summed E-state index contributed by atoms with van der Waals surface area (Å²) in [6.07, 6.45) is 4.30. The van der Waals surface area contributed by atoms with Crippen molar-refractivity contribution in [2.24, 2.45) is 0 Å². The highest BCUT2D eigenvalue weighted by atomic mass is 16.3. The number of hydrogen-bond donors (Lipinski definition) is 1. The summed E-state index contributed by atoms with van der Waals surface area (Å²) in [6, 6.07) is 8.06. The van der Waals surface area contributed by atoms with Crippen molar-refractivity contribution in [3.8, 4) is 11.4 Å². The van der Waals surface area contributed by atoms with Gasteiger partial charge >= 0.3 is 0 Å². The lowest BCUT2D eigenvalue weighted by atomic mass is 10.1. The molecule has 0 atom stereocenters. The van der Waals surface area contributed by atoms with Crippen LogP contribution in [0.1, 0.15) is 35.7 Å². The molecule has 1 aliphatic heterocycles. The third-order valence-electron chi connectivity index (χ3n) is 4.40. The largest absolute Gasteiger partial charge is 0.464 e. The summed E-state index contributed by atoms with van der Waals surface area (Å²) >= 11 is 0.